The lowest BCUT2D eigenvalue weighted by molar-refractivity contribution is 0.597. The molecule has 0 heterocycles. The quantitative estimate of drug-likeness (QED) is 0.590. The van der Waals surface area contributed by atoms with Crippen LogP contribution in [0.2, 0.25) is 0 Å². The number of rotatable bonds is 1. The van der Waals surface area contributed by atoms with Gasteiger partial charge in [0.15, 0.2) is 0 Å². The zero-order chi connectivity index (χ0) is 9.35. The molecule has 0 saturated heterocycles. The molecule has 0 aliphatic carbocycles. The van der Waals surface area contributed by atoms with Crippen LogP contribution in [0.3, 0.4) is 0 Å². The Balaban J connectivity index is 3.47. The lowest BCUT2D eigenvalue weighted by Crippen LogP contribution is -2.18. The van der Waals surface area contributed by atoms with Gasteiger partial charge < -0.3 is 0 Å². The SMILES string of the molecule is [B]c1cccc(S(N)(=O)=O)c1C. The molecule has 5 heteroatoms. The van der Waals surface area contributed by atoms with Crippen molar-refractivity contribution in [3.05, 3.63) is 23.8 Å². The van der Waals surface area contributed by atoms with Gasteiger partial charge in [-0.3, -0.25) is 0 Å². The third-order valence-electron chi connectivity index (χ3n) is 1.63. The Hall–Kier alpha value is -0.805. The molecule has 0 aliphatic heterocycles. The molecule has 0 fully saturated rings. The van der Waals surface area contributed by atoms with Crippen LogP contribution in [0.25, 0.3) is 0 Å². The molecule has 0 unspecified atom stereocenters. The average molecular weight is 181 g/mol. The van der Waals surface area contributed by atoms with Crippen molar-refractivity contribution in [2.24, 2.45) is 5.14 Å². The number of primary sulfonamides is 1. The van der Waals surface area contributed by atoms with E-state index in [0.717, 1.165) is 0 Å². The molecule has 2 radical (unpaired) electrons. The van der Waals surface area contributed by atoms with Gasteiger partial charge in [-0.15, -0.1) is 0 Å². The second-order valence-corrected chi connectivity index (χ2v) is 4.05. The first kappa shape index (κ1) is 9.28. The maximum atomic E-state index is 10.9. The molecule has 2 N–H and O–H groups in total. The minimum absolute atomic E-state index is 0.0856. The molecular weight excluding hydrogens is 173 g/mol. The van der Waals surface area contributed by atoms with Crippen LogP contribution >= 0.6 is 0 Å². The maximum absolute atomic E-state index is 10.9. The van der Waals surface area contributed by atoms with Crippen molar-refractivity contribution in [2.75, 3.05) is 0 Å². The Morgan fingerprint density at radius 2 is 2.00 bits per heavy atom. The van der Waals surface area contributed by atoms with Crippen molar-refractivity contribution in [1.29, 1.82) is 0 Å². The molecule has 1 rings (SSSR count). The first-order valence-electron chi connectivity index (χ1n) is 3.31. The van der Waals surface area contributed by atoms with Gasteiger partial charge in [0.1, 0.15) is 7.85 Å². The molecule has 0 aromatic heterocycles. The van der Waals surface area contributed by atoms with E-state index in [4.69, 9.17) is 13.0 Å². The number of hydrogen-bond acceptors (Lipinski definition) is 2. The highest BCUT2D eigenvalue weighted by Crippen LogP contribution is 2.09. The fourth-order valence-electron chi connectivity index (χ4n) is 0.940. The van der Waals surface area contributed by atoms with Crippen LogP contribution in [0.5, 0.6) is 0 Å². The molecule has 1 aromatic carbocycles. The average Bonchev–Trinajstić information content (AvgIpc) is 1.92. The Bertz CT molecular complexity index is 400. The predicted molar refractivity (Wildman–Crippen MR) is 47.9 cm³/mol. The van der Waals surface area contributed by atoms with Crippen molar-refractivity contribution < 1.29 is 8.42 Å². The van der Waals surface area contributed by atoms with Gasteiger partial charge in [0, 0.05) is 0 Å². The molecule has 1 aromatic rings. The first-order valence-corrected chi connectivity index (χ1v) is 4.85. The van der Waals surface area contributed by atoms with Gasteiger partial charge in [-0.05, 0) is 18.6 Å². The summed E-state index contributed by atoms with van der Waals surface area (Å²) in [4.78, 5) is 0.0856. The van der Waals surface area contributed by atoms with E-state index in [1.54, 1.807) is 19.1 Å². The van der Waals surface area contributed by atoms with Crippen molar-refractivity contribution in [3.63, 3.8) is 0 Å². The van der Waals surface area contributed by atoms with Crippen molar-refractivity contribution in [2.45, 2.75) is 11.8 Å². The maximum Gasteiger partial charge on any atom is 0.238 e. The predicted octanol–water partition coefficient (Wildman–Crippen LogP) is -0.564. The van der Waals surface area contributed by atoms with E-state index in [-0.39, 0.29) is 4.90 Å². The second kappa shape index (κ2) is 2.92. The highest BCUT2D eigenvalue weighted by molar-refractivity contribution is 7.89. The summed E-state index contributed by atoms with van der Waals surface area (Å²) >= 11 is 0. The van der Waals surface area contributed by atoms with Gasteiger partial charge in [-0.1, -0.05) is 17.6 Å². The van der Waals surface area contributed by atoms with Crippen LogP contribution in [0.1, 0.15) is 5.56 Å². The Morgan fingerprint density at radius 3 is 2.42 bits per heavy atom. The highest BCUT2D eigenvalue weighted by Gasteiger charge is 2.10. The fourth-order valence-corrected chi connectivity index (χ4v) is 1.75. The number of hydrogen-bond donors (Lipinski definition) is 1. The van der Waals surface area contributed by atoms with Crippen LogP contribution in [0.4, 0.5) is 0 Å². The van der Waals surface area contributed by atoms with E-state index in [1.165, 1.54) is 6.07 Å². The third kappa shape index (κ3) is 1.68. The Labute approximate surface area is 73.0 Å². The number of benzene rings is 1. The van der Waals surface area contributed by atoms with Crippen molar-refractivity contribution in [3.8, 4) is 0 Å². The third-order valence-corrected chi connectivity index (χ3v) is 2.69. The van der Waals surface area contributed by atoms with Crippen LogP contribution in [-0.2, 0) is 10.0 Å². The van der Waals surface area contributed by atoms with Crippen molar-refractivity contribution >= 4 is 23.3 Å². The van der Waals surface area contributed by atoms with Crippen LogP contribution in [0, 0.1) is 6.92 Å². The van der Waals surface area contributed by atoms with E-state index < -0.39 is 10.0 Å². The monoisotopic (exact) mass is 181 g/mol. The Morgan fingerprint density at radius 1 is 1.42 bits per heavy atom. The van der Waals surface area contributed by atoms with Gasteiger partial charge in [-0.25, -0.2) is 13.6 Å². The fraction of sp³-hybridized carbons (Fsp3) is 0.143. The summed E-state index contributed by atoms with van der Waals surface area (Å²) in [6.45, 7) is 1.62. The van der Waals surface area contributed by atoms with Gasteiger partial charge in [0.2, 0.25) is 10.0 Å². The minimum atomic E-state index is -3.64. The van der Waals surface area contributed by atoms with Crippen LogP contribution < -0.4 is 10.6 Å². The smallest absolute Gasteiger partial charge is 0.225 e. The zero-order valence-electron chi connectivity index (χ0n) is 6.61. The van der Waals surface area contributed by atoms with Gasteiger partial charge in [0.25, 0.3) is 0 Å². The van der Waals surface area contributed by atoms with E-state index in [2.05, 4.69) is 0 Å². The summed E-state index contributed by atoms with van der Waals surface area (Å²) < 4.78 is 21.9. The molecule has 0 spiro atoms. The normalized spacial score (nSPS) is 11.5. The summed E-state index contributed by atoms with van der Waals surface area (Å²) in [5, 5.41) is 4.94. The largest absolute Gasteiger partial charge is 0.238 e. The van der Waals surface area contributed by atoms with E-state index in [1.807, 2.05) is 0 Å². The van der Waals surface area contributed by atoms with Gasteiger partial charge >= 0.3 is 0 Å². The highest BCUT2D eigenvalue weighted by atomic mass is 32.2. The molecular formula is C7H8BNO2S. The van der Waals surface area contributed by atoms with E-state index >= 15 is 0 Å². The molecule has 0 aliphatic rings. The van der Waals surface area contributed by atoms with Gasteiger partial charge in [0.05, 0.1) is 4.90 Å². The standard InChI is InChI=1S/C7H8BNO2S/c1-5-6(8)3-2-4-7(5)12(9,10)11/h2-4H,1H3,(H2,9,10,11). The van der Waals surface area contributed by atoms with Gasteiger partial charge in [-0.2, -0.15) is 0 Å². The van der Waals surface area contributed by atoms with E-state index in [0.29, 0.717) is 11.0 Å². The summed E-state index contributed by atoms with van der Waals surface area (Å²) in [5.74, 6) is 0. The lowest BCUT2D eigenvalue weighted by atomic mass is 9.92. The molecule has 0 bridgehead atoms. The molecule has 0 amide bonds. The molecule has 62 valence electrons. The first-order chi connectivity index (χ1) is 5.43. The topological polar surface area (TPSA) is 60.2 Å². The summed E-state index contributed by atoms with van der Waals surface area (Å²) in [5.41, 5.74) is 0.932. The summed E-state index contributed by atoms with van der Waals surface area (Å²) in [6, 6.07) is 4.62. The minimum Gasteiger partial charge on any atom is -0.225 e. The molecule has 12 heavy (non-hydrogen) atoms. The summed E-state index contributed by atoms with van der Waals surface area (Å²) in [7, 11) is 1.86. The van der Waals surface area contributed by atoms with Crippen molar-refractivity contribution in [1.82, 2.24) is 0 Å². The number of nitrogens with two attached hydrogens (primary N) is 1. The Kier molecular flexibility index (Phi) is 2.26. The zero-order valence-corrected chi connectivity index (χ0v) is 7.43. The number of sulfonamides is 1. The summed E-state index contributed by atoms with van der Waals surface area (Å²) in [6.07, 6.45) is 0. The lowest BCUT2D eigenvalue weighted by Gasteiger charge is -2.05. The second-order valence-electron chi connectivity index (χ2n) is 2.52. The molecule has 0 atom stereocenters. The molecule has 3 nitrogen and oxygen atoms in total. The van der Waals surface area contributed by atoms with Crippen LogP contribution in [-0.4, -0.2) is 16.3 Å². The molecule has 0 saturated carbocycles. The van der Waals surface area contributed by atoms with E-state index in [9.17, 15) is 8.42 Å². The van der Waals surface area contributed by atoms with Crippen LogP contribution in [0.15, 0.2) is 23.1 Å².